The third-order valence-corrected chi connectivity index (χ3v) is 1.97. The van der Waals surface area contributed by atoms with Crippen molar-refractivity contribution in [2.45, 2.75) is 13.3 Å². The molecule has 0 aliphatic carbocycles. The summed E-state index contributed by atoms with van der Waals surface area (Å²) in [4.78, 5) is 11.0. The maximum Gasteiger partial charge on any atom is 0.264 e. The van der Waals surface area contributed by atoms with Gasteiger partial charge < -0.3 is 0 Å². The van der Waals surface area contributed by atoms with Crippen LogP contribution in [0.25, 0.3) is 0 Å². The smallest absolute Gasteiger partial charge is 0.264 e. The van der Waals surface area contributed by atoms with Gasteiger partial charge in [-0.2, -0.15) is 0 Å². The molecular weight excluding hydrogens is 217 g/mol. The van der Waals surface area contributed by atoms with E-state index in [9.17, 15) is 18.0 Å². The van der Waals surface area contributed by atoms with E-state index in [0.29, 0.717) is 6.07 Å². The van der Waals surface area contributed by atoms with Crippen LogP contribution in [0.3, 0.4) is 0 Å². The molecule has 0 aliphatic rings. The molecule has 0 aliphatic heterocycles. The fourth-order valence-electron chi connectivity index (χ4n) is 1.14. The predicted molar refractivity (Wildman–Crippen MR) is 46.4 cm³/mol. The molecule has 1 aromatic carbocycles. The monoisotopic (exact) mass is 222 g/mol. The molecule has 5 heteroatoms. The Labute approximate surface area is 83.5 Å². The van der Waals surface area contributed by atoms with Gasteiger partial charge in [0, 0.05) is 11.1 Å². The summed E-state index contributed by atoms with van der Waals surface area (Å²) in [5.74, 6) is -1.49. The number of ketones is 1. The van der Waals surface area contributed by atoms with Crippen molar-refractivity contribution in [3.63, 3.8) is 0 Å². The number of rotatable bonds is 2. The lowest BCUT2D eigenvalue weighted by atomic mass is 10.0. The van der Waals surface area contributed by atoms with E-state index < -0.39 is 23.6 Å². The standard InChI is InChI=1S/C9H6ClF3O/c1-4(14)8-6(9(12)13)2-5(11)3-7(8)10/h2-3,9H,1H3. The molecule has 0 amide bonds. The van der Waals surface area contributed by atoms with E-state index in [1.54, 1.807) is 0 Å². The SMILES string of the molecule is CC(=O)c1c(Cl)cc(F)cc1C(F)F. The van der Waals surface area contributed by atoms with Crippen LogP contribution in [-0.2, 0) is 0 Å². The molecule has 0 heterocycles. The third-order valence-electron chi connectivity index (χ3n) is 1.67. The second kappa shape index (κ2) is 4.00. The highest BCUT2D eigenvalue weighted by Gasteiger charge is 2.20. The topological polar surface area (TPSA) is 17.1 Å². The molecule has 0 aromatic heterocycles. The number of hydrogen-bond acceptors (Lipinski definition) is 1. The summed E-state index contributed by atoms with van der Waals surface area (Å²) in [5.41, 5.74) is -0.981. The minimum absolute atomic E-state index is 0.284. The first kappa shape index (κ1) is 11.0. The largest absolute Gasteiger partial charge is 0.294 e. The first-order valence-electron chi connectivity index (χ1n) is 3.71. The van der Waals surface area contributed by atoms with Crippen LogP contribution in [0.5, 0.6) is 0 Å². The van der Waals surface area contributed by atoms with E-state index in [1.807, 2.05) is 0 Å². The van der Waals surface area contributed by atoms with E-state index in [4.69, 9.17) is 11.6 Å². The molecule has 14 heavy (non-hydrogen) atoms. The number of alkyl halides is 2. The summed E-state index contributed by atoms with van der Waals surface area (Å²) >= 11 is 5.48. The Hall–Kier alpha value is -1.03. The summed E-state index contributed by atoms with van der Waals surface area (Å²) in [5, 5.41) is -0.284. The molecule has 76 valence electrons. The maximum absolute atomic E-state index is 12.7. The number of benzene rings is 1. The van der Waals surface area contributed by atoms with Crippen LogP contribution in [0.2, 0.25) is 5.02 Å². The Morgan fingerprint density at radius 1 is 1.43 bits per heavy atom. The third kappa shape index (κ3) is 2.07. The summed E-state index contributed by atoms with van der Waals surface area (Å²) in [6, 6.07) is 1.46. The van der Waals surface area contributed by atoms with E-state index in [-0.39, 0.29) is 10.6 Å². The highest BCUT2D eigenvalue weighted by Crippen LogP contribution is 2.29. The molecule has 0 saturated heterocycles. The van der Waals surface area contributed by atoms with Crippen molar-refractivity contribution in [2.24, 2.45) is 0 Å². The fourth-order valence-corrected chi connectivity index (χ4v) is 1.48. The minimum Gasteiger partial charge on any atom is -0.294 e. The van der Waals surface area contributed by atoms with E-state index >= 15 is 0 Å². The van der Waals surface area contributed by atoms with Crippen LogP contribution in [0.1, 0.15) is 29.3 Å². The molecule has 1 nitrogen and oxygen atoms in total. The number of carbonyl (C=O) groups is 1. The van der Waals surface area contributed by atoms with E-state index in [0.717, 1.165) is 13.0 Å². The molecule has 0 saturated carbocycles. The van der Waals surface area contributed by atoms with Crippen molar-refractivity contribution in [2.75, 3.05) is 0 Å². The van der Waals surface area contributed by atoms with Gasteiger partial charge in [0.05, 0.1) is 5.02 Å². The molecule has 0 N–H and O–H groups in total. The molecule has 0 atom stereocenters. The van der Waals surface area contributed by atoms with Crippen LogP contribution in [0, 0.1) is 5.82 Å². The first-order valence-corrected chi connectivity index (χ1v) is 4.09. The van der Waals surface area contributed by atoms with Crippen LogP contribution in [-0.4, -0.2) is 5.78 Å². The van der Waals surface area contributed by atoms with Gasteiger partial charge in [0.15, 0.2) is 5.78 Å². The zero-order chi connectivity index (χ0) is 10.9. The van der Waals surface area contributed by atoms with Gasteiger partial charge in [0.2, 0.25) is 0 Å². The average molecular weight is 223 g/mol. The van der Waals surface area contributed by atoms with E-state index in [1.165, 1.54) is 0 Å². The zero-order valence-corrected chi connectivity index (χ0v) is 7.91. The summed E-state index contributed by atoms with van der Waals surface area (Å²) < 4.78 is 37.4. The quantitative estimate of drug-likeness (QED) is 0.699. The van der Waals surface area contributed by atoms with Gasteiger partial charge in [-0.25, -0.2) is 13.2 Å². The fraction of sp³-hybridized carbons (Fsp3) is 0.222. The highest BCUT2D eigenvalue weighted by molar-refractivity contribution is 6.34. The second-order valence-corrected chi connectivity index (χ2v) is 3.12. The highest BCUT2D eigenvalue weighted by atomic mass is 35.5. The molecule has 0 spiro atoms. The van der Waals surface area contributed by atoms with Gasteiger partial charge >= 0.3 is 0 Å². The molecule has 1 rings (SSSR count). The zero-order valence-electron chi connectivity index (χ0n) is 7.15. The second-order valence-electron chi connectivity index (χ2n) is 2.71. The Balaban J connectivity index is 3.44. The van der Waals surface area contributed by atoms with Crippen LogP contribution >= 0.6 is 11.6 Å². The van der Waals surface area contributed by atoms with Crippen LogP contribution in [0.15, 0.2) is 12.1 Å². The molecule has 0 fully saturated rings. The Morgan fingerprint density at radius 3 is 2.43 bits per heavy atom. The van der Waals surface area contributed by atoms with Gasteiger partial charge in [0.1, 0.15) is 5.82 Å². The minimum atomic E-state index is -2.91. The number of carbonyl (C=O) groups excluding carboxylic acids is 1. The average Bonchev–Trinajstić information content (AvgIpc) is 2.01. The van der Waals surface area contributed by atoms with Crippen LogP contribution in [0.4, 0.5) is 13.2 Å². The lowest BCUT2D eigenvalue weighted by Crippen LogP contribution is -2.02. The first-order chi connectivity index (χ1) is 6.43. The van der Waals surface area contributed by atoms with Crippen molar-refractivity contribution >= 4 is 17.4 Å². The summed E-state index contributed by atoms with van der Waals surface area (Å²) in [7, 11) is 0. The van der Waals surface area contributed by atoms with Crippen molar-refractivity contribution in [3.05, 3.63) is 34.1 Å². The van der Waals surface area contributed by atoms with Crippen molar-refractivity contribution in [1.29, 1.82) is 0 Å². The van der Waals surface area contributed by atoms with Crippen molar-refractivity contribution in [1.82, 2.24) is 0 Å². The number of halogens is 4. The Kier molecular flexibility index (Phi) is 3.16. The number of hydrogen-bond donors (Lipinski definition) is 0. The molecule has 1 aromatic rings. The normalized spacial score (nSPS) is 10.7. The number of Topliss-reactive ketones (excluding diaryl/α,β-unsaturated/α-hetero) is 1. The van der Waals surface area contributed by atoms with Gasteiger partial charge in [-0.05, 0) is 19.1 Å². The lowest BCUT2D eigenvalue weighted by molar-refractivity contribution is 0.0999. The molecule has 0 radical (unpaired) electrons. The Bertz CT molecular complexity index is 377. The lowest BCUT2D eigenvalue weighted by Gasteiger charge is -2.07. The van der Waals surface area contributed by atoms with Gasteiger partial charge in [-0.3, -0.25) is 4.79 Å². The summed E-state index contributed by atoms with van der Waals surface area (Å²) in [6.45, 7) is 1.10. The molecule has 0 bridgehead atoms. The van der Waals surface area contributed by atoms with Gasteiger partial charge in [0.25, 0.3) is 6.43 Å². The summed E-state index contributed by atoms with van der Waals surface area (Å²) in [6.07, 6.45) is -2.91. The van der Waals surface area contributed by atoms with Crippen LogP contribution < -0.4 is 0 Å². The molecular formula is C9H6ClF3O. The van der Waals surface area contributed by atoms with Gasteiger partial charge in [-0.15, -0.1) is 0 Å². The maximum atomic E-state index is 12.7. The predicted octanol–water partition coefficient (Wildman–Crippen LogP) is 3.62. The van der Waals surface area contributed by atoms with E-state index in [2.05, 4.69) is 0 Å². The Morgan fingerprint density at radius 2 is 2.00 bits per heavy atom. The van der Waals surface area contributed by atoms with Crippen molar-refractivity contribution < 1.29 is 18.0 Å². The van der Waals surface area contributed by atoms with Crippen molar-refractivity contribution in [3.8, 4) is 0 Å². The molecule has 0 unspecified atom stereocenters. The van der Waals surface area contributed by atoms with Gasteiger partial charge in [-0.1, -0.05) is 11.6 Å².